The number of anilines is 1. The van der Waals surface area contributed by atoms with E-state index in [1.54, 1.807) is 6.07 Å². The molecule has 0 unspecified atom stereocenters. The fourth-order valence-electron chi connectivity index (χ4n) is 3.47. The van der Waals surface area contributed by atoms with Gasteiger partial charge in [0.15, 0.2) is 11.6 Å². The van der Waals surface area contributed by atoms with Gasteiger partial charge in [0, 0.05) is 23.5 Å². The number of nitrogens with zero attached hydrogens (tertiary/aromatic N) is 2. The van der Waals surface area contributed by atoms with E-state index < -0.39 is 11.6 Å². The highest BCUT2D eigenvalue weighted by Gasteiger charge is 2.24. The lowest BCUT2D eigenvalue weighted by molar-refractivity contribution is 0.509. The van der Waals surface area contributed by atoms with Gasteiger partial charge in [-0.2, -0.15) is 0 Å². The molecule has 122 valence electrons. The molecule has 0 amide bonds. The van der Waals surface area contributed by atoms with E-state index in [-0.39, 0.29) is 0 Å². The van der Waals surface area contributed by atoms with Gasteiger partial charge in [0.1, 0.15) is 0 Å². The minimum absolute atomic E-state index is 0.414. The molecule has 0 saturated carbocycles. The van der Waals surface area contributed by atoms with Gasteiger partial charge in [0.2, 0.25) is 0 Å². The van der Waals surface area contributed by atoms with Crippen LogP contribution in [-0.4, -0.2) is 17.6 Å². The molecule has 1 fully saturated rings. The maximum Gasteiger partial charge on any atom is 0.159 e. The standard InChI is InChI=1S/C20H18F2N2/c1-13-5-4-10-24(13)19-12-14-6-2-3-7-18(14)23-20(19)15-8-9-16(21)17(22)11-15/h2-3,6-9,11-13H,4-5,10H2,1H3/t13-/m0/s1. The molecule has 1 atom stereocenters. The highest BCUT2D eigenvalue weighted by Crippen LogP contribution is 2.36. The first-order chi connectivity index (χ1) is 11.6. The molecule has 0 N–H and O–H groups in total. The third-order valence-corrected chi connectivity index (χ3v) is 4.76. The van der Waals surface area contributed by atoms with Crippen LogP contribution in [0.5, 0.6) is 0 Å². The van der Waals surface area contributed by atoms with E-state index in [1.807, 2.05) is 24.3 Å². The van der Waals surface area contributed by atoms with Gasteiger partial charge in [-0.05, 0) is 50.1 Å². The number of hydrogen-bond acceptors (Lipinski definition) is 2. The van der Waals surface area contributed by atoms with Crippen molar-refractivity contribution in [1.82, 2.24) is 4.98 Å². The summed E-state index contributed by atoms with van der Waals surface area (Å²) < 4.78 is 27.1. The monoisotopic (exact) mass is 324 g/mol. The number of aromatic nitrogens is 1. The van der Waals surface area contributed by atoms with Crippen molar-refractivity contribution in [3.05, 3.63) is 60.2 Å². The Kier molecular flexibility index (Phi) is 3.68. The molecule has 4 heteroatoms. The van der Waals surface area contributed by atoms with Crippen LogP contribution in [-0.2, 0) is 0 Å². The van der Waals surface area contributed by atoms with Crippen molar-refractivity contribution >= 4 is 16.6 Å². The largest absolute Gasteiger partial charge is 0.367 e. The van der Waals surface area contributed by atoms with Gasteiger partial charge in [0.05, 0.1) is 16.9 Å². The average Bonchev–Trinajstić information content (AvgIpc) is 3.02. The first kappa shape index (κ1) is 15.1. The van der Waals surface area contributed by atoms with E-state index in [4.69, 9.17) is 4.98 Å². The molecule has 2 nitrogen and oxygen atoms in total. The molecule has 1 aromatic heterocycles. The Morgan fingerprint density at radius 1 is 1.04 bits per heavy atom. The SMILES string of the molecule is C[C@H]1CCCN1c1cc2ccccc2nc1-c1ccc(F)c(F)c1. The lowest BCUT2D eigenvalue weighted by atomic mass is 10.1. The molecule has 0 spiro atoms. The summed E-state index contributed by atoms with van der Waals surface area (Å²) in [6.45, 7) is 3.15. The van der Waals surface area contributed by atoms with E-state index in [0.717, 1.165) is 36.0 Å². The Morgan fingerprint density at radius 3 is 2.62 bits per heavy atom. The fraction of sp³-hybridized carbons (Fsp3) is 0.250. The zero-order chi connectivity index (χ0) is 16.7. The molecule has 2 aromatic carbocycles. The summed E-state index contributed by atoms with van der Waals surface area (Å²) in [6, 6.07) is 14.4. The number of pyridine rings is 1. The quantitative estimate of drug-likeness (QED) is 0.646. The van der Waals surface area contributed by atoms with E-state index >= 15 is 0 Å². The minimum atomic E-state index is -0.845. The Morgan fingerprint density at radius 2 is 1.88 bits per heavy atom. The molecule has 1 aliphatic rings. The number of hydrogen-bond donors (Lipinski definition) is 0. The van der Waals surface area contributed by atoms with E-state index in [9.17, 15) is 8.78 Å². The summed E-state index contributed by atoms with van der Waals surface area (Å²) in [5, 5.41) is 1.05. The fourth-order valence-corrected chi connectivity index (χ4v) is 3.47. The number of rotatable bonds is 2. The van der Waals surface area contributed by atoms with E-state index in [1.165, 1.54) is 12.1 Å². The van der Waals surface area contributed by atoms with Crippen molar-refractivity contribution in [2.24, 2.45) is 0 Å². The van der Waals surface area contributed by atoms with Crippen LogP contribution in [0.4, 0.5) is 14.5 Å². The Labute approximate surface area is 139 Å². The van der Waals surface area contributed by atoms with Gasteiger partial charge in [-0.25, -0.2) is 13.8 Å². The van der Waals surface area contributed by atoms with Gasteiger partial charge in [0.25, 0.3) is 0 Å². The van der Waals surface area contributed by atoms with Crippen LogP contribution < -0.4 is 4.90 Å². The van der Waals surface area contributed by atoms with Gasteiger partial charge >= 0.3 is 0 Å². The lowest BCUT2D eigenvalue weighted by Crippen LogP contribution is -2.27. The zero-order valence-corrected chi connectivity index (χ0v) is 13.5. The number of fused-ring (bicyclic) bond motifs is 1. The lowest BCUT2D eigenvalue weighted by Gasteiger charge is -2.26. The summed E-state index contributed by atoms with van der Waals surface area (Å²) in [4.78, 5) is 7.08. The zero-order valence-electron chi connectivity index (χ0n) is 13.5. The summed E-state index contributed by atoms with van der Waals surface area (Å²) in [5.74, 6) is -1.68. The minimum Gasteiger partial charge on any atom is -0.367 e. The molecule has 4 rings (SSSR count). The molecule has 0 radical (unpaired) electrons. The van der Waals surface area contributed by atoms with Crippen LogP contribution in [0.1, 0.15) is 19.8 Å². The normalized spacial score (nSPS) is 17.6. The maximum atomic E-state index is 13.7. The van der Waals surface area contributed by atoms with Crippen molar-refractivity contribution in [2.75, 3.05) is 11.4 Å². The van der Waals surface area contributed by atoms with Crippen LogP contribution >= 0.6 is 0 Å². The van der Waals surface area contributed by atoms with Crippen LogP contribution in [0.15, 0.2) is 48.5 Å². The molecule has 2 heterocycles. The molecule has 0 bridgehead atoms. The third kappa shape index (κ3) is 2.52. The van der Waals surface area contributed by atoms with Crippen LogP contribution in [0.3, 0.4) is 0 Å². The number of benzene rings is 2. The van der Waals surface area contributed by atoms with Gasteiger partial charge in [-0.3, -0.25) is 0 Å². The first-order valence-corrected chi connectivity index (χ1v) is 8.25. The van der Waals surface area contributed by atoms with Crippen molar-refractivity contribution in [2.45, 2.75) is 25.8 Å². The summed E-state index contributed by atoms with van der Waals surface area (Å²) in [6.07, 6.45) is 2.26. The van der Waals surface area contributed by atoms with Gasteiger partial charge < -0.3 is 4.90 Å². The smallest absolute Gasteiger partial charge is 0.159 e. The molecule has 1 aliphatic heterocycles. The summed E-state index contributed by atoms with van der Waals surface area (Å²) >= 11 is 0. The highest BCUT2D eigenvalue weighted by atomic mass is 19.2. The van der Waals surface area contributed by atoms with Crippen molar-refractivity contribution in [1.29, 1.82) is 0 Å². The summed E-state index contributed by atoms with van der Waals surface area (Å²) in [7, 11) is 0. The Bertz CT molecular complexity index is 907. The highest BCUT2D eigenvalue weighted by molar-refractivity contribution is 5.89. The topological polar surface area (TPSA) is 16.1 Å². The molecule has 0 aliphatic carbocycles. The molecular weight excluding hydrogens is 306 g/mol. The third-order valence-electron chi connectivity index (χ3n) is 4.76. The Hall–Kier alpha value is -2.49. The molecule has 3 aromatic rings. The van der Waals surface area contributed by atoms with Gasteiger partial charge in [-0.15, -0.1) is 0 Å². The predicted molar refractivity (Wildman–Crippen MR) is 93.1 cm³/mol. The second-order valence-electron chi connectivity index (χ2n) is 6.36. The van der Waals surface area contributed by atoms with Gasteiger partial charge in [-0.1, -0.05) is 18.2 Å². The molecular formula is C20H18F2N2. The van der Waals surface area contributed by atoms with Crippen molar-refractivity contribution < 1.29 is 8.78 Å². The molecule has 1 saturated heterocycles. The van der Waals surface area contributed by atoms with Crippen LogP contribution in [0.25, 0.3) is 22.2 Å². The van der Waals surface area contributed by atoms with E-state index in [0.29, 0.717) is 17.3 Å². The summed E-state index contributed by atoms with van der Waals surface area (Å²) in [5.41, 5.74) is 3.16. The van der Waals surface area contributed by atoms with Crippen LogP contribution in [0.2, 0.25) is 0 Å². The Balaban J connectivity index is 1.95. The second-order valence-corrected chi connectivity index (χ2v) is 6.36. The number of halogens is 2. The molecule has 24 heavy (non-hydrogen) atoms. The maximum absolute atomic E-state index is 13.7. The van der Waals surface area contributed by atoms with Crippen molar-refractivity contribution in [3.8, 4) is 11.3 Å². The second kappa shape index (κ2) is 5.86. The van der Waals surface area contributed by atoms with Crippen molar-refractivity contribution in [3.63, 3.8) is 0 Å². The van der Waals surface area contributed by atoms with E-state index in [2.05, 4.69) is 17.9 Å². The first-order valence-electron chi connectivity index (χ1n) is 8.25. The average molecular weight is 324 g/mol. The number of para-hydroxylation sites is 1. The van der Waals surface area contributed by atoms with Crippen LogP contribution in [0, 0.1) is 11.6 Å². The predicted octanol–water partition coefficient (Wildman–Crippen LogP) is 5.17.